The van der Waals surface area contributed by atoms with E-state index in [1.54, 1.807) is 0 Å². The molecule has 0 aromatic rings. The van der Waals surface area contributed by atoms with Gasteiger partial charge < -0.3 is 4.52 Å². The molecule has 0 bridgehead atoms. The summed E-state index contributed by atoms with van der Waals surface area (Å²) >= 11 is 0. The van der Waals surface area contributed by atoms with Crippen LogP contribution in [-0.2, 0) is 13.9 Å². The van der Waals surface area contributed by atoms with Crippen molar-refractivity contribution in [3.05, 3.63) is 0 Å². The van der Waals surface area contributed by atoms with Crippen LogP contribution in [0.25, 0.3) is 0 Å². The molecule has 8 atom stereocenters. The molecule has 2 saturated heterocycles. The first-order valence-corrected chi connectivity index (χ1v) is 14.1. The van der Waals surface area contributed by atoms with Gasteiger partial charge in [-0.2, -0.15) is 0 Å². The maximum absolute atomic E-state index is 13.7. The molecule has 6 aliphatic rings. The van der Waals surface area contributed by atoms with E-state index >= 15 is 0 Å². The monoisotopic (exact) mass is 434 g/mol. The van der Waals surface area contributed by atoms with E-state index in [0.29, 0.717) is 23.0 Å². The van der Waals surface area contributed by atoms with E-state index < -0.39 is 7.67 Å². The second-order valence-corrected chi connectivity index (χ2v) is 14.4. The Morgan fingerprint density at radius 3 is 2.27 bits per heavy atom. The summed E-state index contributed by atoms with van der Waals surface area (Å²) in [6, 6.07) is 0. The van der Waals surface area contributed by atoms with Gasteiger partial charge in [-0.15, -0.1) is 0 Å². The summed E-state index contributed by atoms with van der Waals surface area (Å²) in [7, 11) is -2.76. The quantitative estimate of drug-likeness (QED) is 0.462. The Labute approximate surface area is 181 Å². The molecular weight excluding hydrogens is 395 g/mol. The first-order chi connectivity index (χ1) is 14.3. The van der Waals surface area contributed by atoms with Crippen molar-refractivity contribution in [2.45, 2.75) is 78.2 Å². The third kappa shape index (κ3) is 2.84. The number of rotatable bonds is 4. The molecule has 30 heavy (non-hydrogen) atoms. The topological polar surface area (TPSA) is 49.4 Å². The van der Waals surface area contributed by atoms with Crippen LogP contribution in [0.5, 0.6) is 0 Å². The highest BCUT2D eigenvalue weighted by Gasteiger charge is 2.63. The van der Waals surface area contributed by atoms with E-state index in [9.17, 15) is 9.36 Å². The van der Waals surface area contributed by atoms with E-state index in [1.807, 2.05) is 0 Å². The fraction of sp³-hybridized carbons (Fsp3) is 0.958. The fourth-order valence-electron chi connectivity index (χ4n) is 8.60. The minimum atomic E-state index is -2.76. The van der Waals surface area contributed by atoms with Crippen molar-refractivity contribution in [3.8, 4) is 0 Å². The van der Waals surface area contributed by atoms with Gasteiger partial charge in [-0.1, -0.05) is 20.8 Å². The van der Waals surface area contributed by atoms with E-state index in [1.165, 1.54) is 32.1 Å². The van der Waals surface area contributed by atoms with Gasteiger partial charge in [0.2, 0.25) is 0 Å². The van der Waals surface area contributed by atoms with Gasteiger partial charge in [-0.3, -0.25) is 9.36 Å². The van der Waals surface area contributed by atoms with Crippen LogP contribution in [0.4, 0.5) is 0 Å². The summed E-state index contributed by atoms with van der Waals surface area (Å²) in [5, 5.41) is 0. The summed E-state index contributed by atoms with van der Waals surface area (Å²) in [5.41, 5.74) is 0.507. The van der Waals surface area contributed by atoms with Crippen LogP contribution < -0.4 is 0 Å². The number of carbonyl (C=O) groups excluding carboxylic acids is 1. The highest BCUT2D eigenvalue weighted by atomic mass is 31.2. The summed E-state index contributed by atoms with van der Waals surface area (Å²) in [4.78, 5) is 12.4. The Balaban J connectivity index is 1.24. The van der Waals surface area contributed by atoms with Crippen LogP contribution in [0.15, 0.2) is 0 Å². The smallest absolute Gasteiger partial charge is 0.302 e. The average molecular weight is 435 g/mol. The number of carbonyl (C=O) groups is 1. The molecule has 0 unspecified atom stereocenters. The molecule has 4 aliphatic carbocycles. The van der Waals surface area contributed by atoms with E-state index in [2.05, 4.69) is 30.1 Å². The van der Waals surface area contributed by atoms with E-state index in [4.69, 9.17) is 4.52 Å². The molecule has 168 valence electrons. The van der Waals surface area contributed by atoms with Crippen molar-refractivity contribution in [2.24, 2.45) is 40.4 Å². The molecule has 4 saturated carbocycles. The minimum absolute atomic E-state index is 0.146. The standard InChI is InChI=1S/C24H39N2O3P/c1-16-15-24(3)17(14-21(16)27)4-5-18-19-6-7-22(23(19,2)9-8-20(18)24)29-30(28,25-10-11-25)26-12-13-26/h16-20,22H,4-15H2,1-3H3/t16-,17-,18+,19+,20+,22-,23-,24-/m0/s1. The first-order valence-electron chi connectivity index (χ1n) is 12.6. The first kappa shape index (κ1) is 20.4. The fourth-order valence-corrected chi connectivity index (χ4v) is 11.1. The third-order valence-corrected chi connectivity index (χ3v) is 13.3. The Morgan fingerprint density at radius 2 is 1.60 bits per heavy atom. The van der Waals surface area contributed by atoms with Gasteiger partial charge in [-0.25, -0.2) is 9.34 Å². The molecule has 0 N–H and O–H groups in total. The van der Waals surface area contributed by atoms with Crippen LogP contribution in [0, 0.1) is 40.4 Å². The highest BCUT2D eigenvalue weighted by Crippen LogP contribution is 2.70. The Bertz CT molecular complexity index is 779. The van der Waals surface area contributed by atoms with E-state index in [-0.39, 0.29) is 17.4 Å². The van der Waals surface area contributed by atoms with Crippen molar-refractivity contribution < 1.29 is 13.9 Å². The van der Waals surface area contributed by atoms with Crippen LogP contribution in [0.3, 0.4) is 0 Å². The lowest BCUT2D eigenvalue weighted by Gasteiger charge is -2.60. The zero-order valence-electron chi connectivity index (χ0n) is 19.0. The number of ketones is 1. The van der Waals surface area contributed by atoms with Crippen LogP contribution in [0.1, 0.15) is 72.1 Å². The number of Topliss-reactive ketones (excluding diaryl/α,β-unsaturated/α-hetero) is 1. The van der Waals surface area contributed by atoms with Gasteiger partial charge in [0.15, 0.2) is 0 Å². The maximum atomic E-state index is 13.7. The Morgan fingerprint density at radius 1 is 0.933 bits per heavy atom. The average Bonchev–Trinajstić information content (AvgIpc) is 3.60. The number of hydrogen-bond acceptors (Lipinski definition) is 3. The molecule has 0 amide bonds. The van der Waals surface area contributed by atoms with Crippen molar-refractivity contribution in [3.63, 3.8) is 0 Å². The Hall–Kier alpha value is -0.220. The maximum Gasteiger partial charge on any atom is 0.346 e. The van der Waals surface area contributed by atoms with E-state index in [0.717, 1.165) is 57.3 Å². The third-order valence-electron chi connectivity index (χ3n) is 10.5. The SMILES string of the molecule is C[C@H]1C[C@@]2(C)[C@@H](CC[C@H]3[C@H]2CC[C@]2(C)[C@@H](OP(=O)(N4CC4)N4CC4)CC[C@H]32)CC1=O. The molecular formula is C24H39N2O3P. The molecule has 0 radical (unpaired) electrons. The van der Waals surface area contributed by atoms with Gasteiger partial charge in [0, 0.05) is 38.5 Å². The Kier molecular flexibility index (Phi) is 4.52. The summed E-state index contributed by atoms with van der Waals surface area (Å²) < 4.78 is 24.5. The van der Waals surface area contributed by atoms with Crippen molar-refractivity contribution in [1.29, 1.82) is 0 Å². The highest BCUT2D eigenvalue weighted by molar-refractivity contribution is 7.54. The second kappa shape index (κ2) is 6.65. The van der Waals surface area contributed by atoms with Crippen molar-refractivity contribution >= 4 is 13.5 Å². The second-order valence-electron chi connectivity index (χ2n) is 12.0. The molecule has 5 nitrogen and oxygen atoms in total. The molecule has 6 fully saturated rings. The lowest BCUT2D eigenvalue weighted by molar-refractivity contribution is -0.148. The number of hydrogen-bond donors (Lipinski definition) is 0. The lowest BCUT2D eigenvalue weighted by Crippen LogP contribution is -2.55. The zero-order valence-corrected chi connectivity index (χ0v) is 19.9. The number of nitrogens with zero attached hydrogens (tertiary/aromatic N) is 2. The molecule has 2 heterocycles. The van der Waals surface area contributed by atoms with Crippen molar-refractivity contribution in [1.82, 2.24) is 9.34 Å². The van der Waals surface area contributed by atoms with Gasteiger partial charge >= 0.3 is 7.67 Å². The zero-order chi connectivity index (χ0) is 20.9. The summed E-state index contributed by atoms with van der Waals surface area (Å²) in [6.07, 6.45) is 9.36. The van der Waals surface area contributed by atoms with Crippen molar-refractivity contribution in [2.75, 3.05) is 26.2 Å². The number of fused-ring (bicyclic) bond motifs is 5. The normalized spacial score (nSPS) is 51.2. The molecule has 6 rings (SSSR count). The molecule has 2 aliphatic heterocycles. The predicted molar refractivity (Wildman–Crippen MR) is 117 cm³/mol. The predicted octanol–water partition coefficient (Wildman–Crippen LogP) is 4.97. The molecule has 0 aromatic heterocycles. The molecule has 0 spiro atoms. The lowest BCUT2D eigenvalue weighted by atomic mass is 9.44. The molecule has 0 aromatic carbocycles. The summed E-state index contributed by atoms with van der Waals surface area (Å²) in [5.74, 6) is 3.57. The van der Waals surface area contributed by atoms with Gasteiger partial charge in [0.25, 0.3) is 0 Å². The van der Waals surface area contributed by atoms with Crippen LogP contribution >= 0.6 is 7.67 Å². The summed E-state index contributed by atoms with van der Waals surface area (Å²) in [6.45, 7) is 10.9. The van der Waals surface area contributed by atoms with Gasteiger partial charge in [0.1, 0.15) is 5.78 Å². The van der Waals surface area contributed by atoms with Gasteiger partial charge in [-0.05, 0) is 79.4 Å². The van der Waals surface area contributed by atoms with Gasteiger partial charge in [0.05, 0.1) is 6.10 Å². The van der Waals surface area contributed by atoms with Crippen LogP contribution in [-0.4, -0.2) is 47.4 Å². The van der Waals surface area contributed by atoms with Crippen LogP contribution in [0.2, 0.25) is 0 Å². The largest absolute Gasteiger partial charge is 0.346 e. The minimum Gasteiger partial charge on any atom is -0.302 e. The molecule has 6 heteroatoms.